The molecule has 1 N–H and O–H groups in total. The summed E-state index contributed by atoms with van der Waals surface area (Å²) in [6.45, 7) is 4.47. The van der Waals surface area contributed by atoms with Gasteiger partial charge in [0.05, 0.1) is 18.8 Å². The van der Waals surface area contributed by atoms with Crippen molar-refractivity contribution in [2.24, 2.45) is 0 Å². The maximum Gasteiger partial charge on any atom is 0.125 e. The lowest BCUT2D eigenvalue weighted by Gasteiger charge is -2.18. The normalized spacial score (nSPS) is 14.5. The Hall–Kier alpha value is -1.06. The smallest absolute Gasteiger partial charge is 0.125 e. The van der Waals surface area contributed by atoms with Gasteiger partial charge >= 0.3 is 0 Å². The maximum atomic E-state index is 10.1. The predicted octanol–water partition coefficient (Wildman–Crippen LogP) is 2.54. The molecule has 0 radical (unpaired) electrons. The van der Waals surface area contributed by atoms with Gasteiger partial charge in [0.1, 0.15) is 5.75 Å². The van der Waals surface area contributed by atoms with Gasteiger partial charge in [0.25, 0.3) is 0 Å². The maximum absolute atomic E-state index is 10.1. The van der Waals surface area contributed by atoms with Crippen LogP contribution in [0.2, 0.25) is 0 Å². The van der Waals surface area contributed by atoms with Crippen molar-refractivity contribution in [1.82, 2.24) is 0 Å². The highest BCUT2D eigenvalue weighted by molar-refractivity contribution is 5.35. The molecule has 2 atom stereocenters. The quantitative estimate of drug-likeness (QED) is 0.807. The van der Waals surface area contributed by atoms with Crippen LogP contribution in [0.15, 0.2) is 24.3 Å². The number of aliphatic hydroxyl groups is 1. The number of para-hydroxylation sites is 1. The molecule has 0 heterocycles. The predicted molar refractivity (Wildman–Crippen MR) is 63.7 cm³/mol. The van der Waals surface area contributed by atoms with Gasteiger partial charge in [-0.3, -0.25) is 0 Å². The van der Waals surface area contributed by atoms with Gasteiger partial charge in [0, 0.05) is 19.1 Å². The van der Waals surface area contributed by atoms with Crippen LogP contribution in [0.5, 0.6) is 5.75 Å². The molecule has 3 nitrogen and oxygen atoms in total. The molecule has 90 valence electrons. The Bertz CT molecular complexity index is 312. The van der Waals surface area contributed by atoms with E-state index < -0.39 is 6.10 Å². The van der Waals surface area contributed by atoms with Gasteiger partial charge < -0.3 is 14.6 Å². The highest BCUT2D eigenvalue weighted by Crippen LogP contribution is 2.28. The lowest BCUT2D eigenvalue weighted by Crippen LogP contribution is -2.12. The van der Waals surface area contributed by atoms with E-state index in [4.69, 9.17) is 9.47 Å². The van der Waals surface area contributed by atoms with Crippen molar-refractivity contribution in [3.63, 3.8) is 0 Å². The molecule has 1 aromatic rings. The Balaban J connectivity index is 2.77. The fourth-order valence-corrected chi connectivity index (χ4v) is 1.58. The van der Waals surface area contributed by atoms with Crippen LogP contribution in [0, 0.1) is 0 Å². The van der Waals surface area contributed by atoms with E-state index in [1.165, 1.54) is 0 Å². The summed E-state index contributed by atoms with van der Waals surface area (Å²) >= 11 is 0. The van der Waals surface area contributed by atoms with Crippen molar-refractivity contribution in [2.45, 2.75) is 32.5 Å². The minimum atomic E-state index is -0.544. The van der Waals surface area contributed by atoms with E-state index in [-0.39, 0.29) is 6.10 Å². The molecule has 0 amide bonds. The third-order valence-electron chi connectivity index (χ3n) is 2.54. The SMILES string of the molecule is CCOc1ccccc1C(O)CC(C)OC. The van der Waals surface area contributed by atoms with Crippen LogP contribution in [0.3, 0.4) is 0 Å². The van der Waals surface area contributed by atoms with Crippen LogP contribution in [0.1, 0.15) is 31.9 Å². The van der Waals surface area contributed by atoms with E-state index in [0.29, 0.717) is 13.0 Å². The van der Waals surface area contributed by atoms with E-state index in [9.17, 15) is 5.11 Å². The summed E-state index contributed by atoms with van der Waals surface area (Å²) in [5.74, 6) is 0.751. The molecule has 0 saturated carbocycles. The summed E-state index contributed by atoms with van der Waals surface area (Å²) in [4.78, 5) is 0. The third kappa shape index (κ3) is 3.51. The Labute approximate surface area is 97.0 Å². The number of hydrogen-bond donors (Lipinski definition) is 1. The molecule has 0 fully saturated rings. The summed E-state index contributed by atoms with van der Waals surface area (Å²) in [7, 11) is 1.64. The first-order valence-corrected chi connectivity index (χ1v) is 5.61. The van der Waals surface area contributed by atoms with Gasteiger partial charge in [-0.2, -0.15) is 0 Å². The summed E-state index contributed by atoms with van der Waals surface area (Å²) in [6, 6.07) is 7.57. The standard InChI is InChI=1S/C13H20O3/c1-4-16-13-8-6-5-7-11(13)12(14)9-10(2)15-3/h5-8,10,12,14H,4,9H2,1-3H3. The van der Waals surface area contributed by atoms with E-state index >= 15 is 0 Å². The lowest BCUT2D eigenvalue weighted by atomic mass is 10.0. The van der Waals surface area contributed by atoms with Gasteiger partial charge in [0.2, 0.25) is 0 Å². The Kier molecular flexibility index (Phi) is 5.29. The molecule has 2 unspecified atom stereocenters. The number of ether oxygens (including phenoxy) is 2. The van der Waals surface area contributed by atoms with Gasteiger partial charge in [-0.05, 0) is 19.9 Å². The summed E-state index contributed by atoms with van der Waals surface area (Å²) < 4.78 is 10.6. The van der Waals surface area contributed by atoms with Crippen molar-refractivity contribution in [3.8, 4) is 5.75 Å². The molecular formula is C13H20O3. The van der Waals surface area contributed by atoms with E-state index in [1.807, 2.05) is 38.1 Å². The average molecular weight is 224 g/mol. The number of benzene rings is 1. The first-order valence-electron chi connectivity index (χ1n) is 5.61. The molecule has 1 rings (SSSR count). The van der Waals surface area contributed by atoms with Crippen molar-refractivity contribution in [2.75, 3.05) is 13.7 Å². The number of aliphatic hydroxyl groups excluding tert-OH is 1. The molecule has 0 aliphatic heterocycles. The van der Waals surface area contributed by atoms with E-state index in [2.05, 4.69) is 0 Å². The van der Waals surface area contributed by atoms with Crippen molar-refractivity contribution in [3.05, 3.63) is 29.8 Å². The van der Waals surface area contributed by atoms with E-state index in [1.54, 1.807) is 7.11 Å². The average Bonchev–Trinajstić information content (AvgIpc) is 2.30. The number of hydrogen-bond acceptors (Lipinski definition) is 3. The minimum Gasteiger partial charge on any atom is -0.493 e. The molecule has 0 bridgehead atoms. The molecule has 0 aliphatic rings. The van der Waals surface area contributed by atoms with Gasteiger partial charge in [-0.1, -0.05) is 18.2 Å². The number of methoxy groups -OCH3 is 1. The van der Waals surface area contributed by atoms with Crippen LogP contribution in [-0.4, -0.2) is 24.9 Å². The Morgan fingerprint density at radius 2 is 2.00 bits per heavy atom. The van der Waals surface area contributed by atoms with Crippen LogP contribution in [0.4, 0.5) is 0 Å². The summed E-state index contributed by atoms with van der Waals surface area (Å²) in [6.07, 6.45) is 0.0583. The minimum absolute atomic E-state index is 0.0321. The summed E-state index contributed by atoms with van der Waals surface area (Å²) in [5, 5.41) is 10.1. The van der Waals surface area contributed by atoms with Gasteiger partial charge in [0.15, 0.2) is 0 Å². The van der Waals surface area contributed by atoms with Crippen molar-refractivity contribution >= 4 is 0 Å². The summed E-state index contributed by atoms with van der Waals surface area (Å²) in [5.41, 5.74) is 0.827. The second kappa shape index (κ2) is 6.51. The second-order valence-corrected chi connectivity index (χ2v) is 3.77. The Morgan fingerprint density at radius 1 is 1.31 bits per heavy atom. The molecule has 3 heteroatoms. The highest BCUT2D eigenvalue weighted by atomic mass is 16.5. The monoisotopic (exact) mass is 224 g/mol. The first-order chi connectivity index (χ1) is 7.69. The van der Waals surface area contributed by atoms with Gasteiger partial charge in [-0.15, -0.1) is 0 Å². The zero-order chi connectivity index (χ0) is 12.0. The fourth-order valence-electron chi connectivity index (χ4n) is 1.58. The lowest BCUT2D eigenvalue weighted by molar-refractivity contribution is 0.0548. The van der Waals surface area contributed by atoms with Crippen LogP contribution >= 0.6 is 0 Å². The zero-order valence-corrected chi connectivity index (χ0v) is 10.1. The molecule has 0 aromatic heterocycles. The van der Waals surface area contributed by atoms with Crippen LogP contribution in [-0.2, 0) is 4.74 Å². The largest absolute Gasteiger partial charge is 0.493 e. The van der Waals surface area contributed by atoms with Gasteiger partial charge in [-0.25, -0.2) is 0 Å². The molecule has 0 aliphatic carbocycles. The zero-order valence-electron chi connectivity index (χ0n) is 10.1. The molecule has 16 heavy (non-hydrogen) atoms. The van der Waals surface area contributed by atoms with Crippen molar-refractivity contribution < 1.29 is 14.6 Å². The molecule has 0 saturated heterocycles. The Morgan fingerprint density at radius 3 is 2.62 bits per heavy atom. The van der Waals surface area contributed by atoms with Crippen molar-refractivity contribution in [1.29, 1.82) is 0 Å². The van der Waals surface area contributed by atoms with E-state index in [0.717, 1.165) is 11.3 Å². The molecular weight excluding hydrogens is 204 g/mol. The highest BCUT2D eigenvalue weighted by Gasteiger charge is 2.15. The fraction of sp³-hybridized carbons (Fsp3) is 0.538. The third-order valence-corrected chi connectivity index (χ3v) is 2.54. The number of rotatable bonds is 6. The van der Waals surface area contributed by atoms with Crippen LogP contribution < -0.4 is 4.74 Å². The second-order valence-electron chi connectivity index (χ2n) is 3.77. The topological polar surface area (TPSA) is 38.7 Å². The molecule has 0 spiro atoms. The molecule has 1 aromatic carbocycles. The van der Waals surface area contributed by atoms with Crippen LogP contribution in [0.25, 0.3) is 0 Å². The first kappa shape index (κ1) is 13.0.